The first kappa shape index (κ1) is 36.5. The van der Waals surface area contributed by atoms with E-state index in [1.165, 1.54) is 44.1 Å². The fourth-order valence-corrected chi connectivity index (χ4v) is 9.09. The molecule has 0 aromatic heterocycles. The minimum atomic E-state index is -4.09. The minimum absolute atomic E-state index is 0.227. The zero-order valence-corrected chi connectivity index (χ0v) is 32.2. The van der Waals surface area contributed by atoms with Crippen LogP contribution in [0, 0.1) is 0 Å². The minimum Gasteiger partial charge on any atom is -0.344 e. The molecular formula is C46H50N3O3S+. The Morgan fingerprint density at radius 3 is 2.11 bits per heavy atom. The third kappa shape index (κ3) is 6.78. The van der Waals surface area contributed by atoms with Gasteiger partial charge in [-0.15, -0.1) is 0 Å². The topological polar surface area (TPSA) is 86.6 Å². The fourth-order valence-electron chi connectivity index (χ4n) is 8.60. The molecule has 5 aromatic rings. The summed E-state index contributed by atoms with van der Waals surface area (Å²) >= 11 is 0. The van der Waals surface area contributed by atoms with Crippen LogP contribution in [0.1, 0.15) is 69.7 Å². The second-order valence-electron chi connectivity index (χ2n) is 15.3. The van der Waals surface area contributed by atoms with Crippen LogP contribution in [-0.2, 0) is 27.5 Å². The van der Waals surface area contributed by atoms with Gasteiger partial charge in [0.1, 0.15) is 6.54 Å². The molecule has 53 heavy (non-hydrogen) atoms. The summed E-state index contributed by atoms with van der Waals surface area (Å²) in [6.07, 6.45) is 10.3. The highest BCUT2D eigenvalue weighted by Gasteiger charge is 2.45. The van der Waals surface area contributed by atoms with Gasteiger partial charge in [0.15, 0.2) is 5.71 Å². The predicted molar refractivity (Wildman–Crippen MR) is 222 cm³/mol. The highest BCUT2D eigenvalue weighted by molar-refractivity contribution is 7.85. The van der Waals surface area contributed by atoms with Crippen molar-refractivity contribution in [2.24, 2.45) is 5.73 Å². The molecule has 272 valence electrons. The standard InChI is InChI=1S/C46H49N3O3S/c1-6-28-48-39-24-20-35-12-7-9-14-37(35)43(39)45(2,3)41(48)26-22-34(33-18-16-32(31-47)17-19-33)23-27-42-46(4,5)44-38-15-10-8-13-36(38)21-25-40(44)49(42)29-11-30-53(50,51)52/h7-10,12-27H,6,11,28-31,47H2,1-5H3/p+1. The maximum absolute atomic E-state index is 11.8. The Balaban J connectivity index is 1.37. The van der Waals surface area contributed by atoms with E-state index in [4.69, 9.17) is 5.73 Å². The molecule has 7 heteroatoms. The molecule has 7 rings (SSSR count). The SMILES string of the molecule is CCC[N+]1=C(C=CC(=CC=C2N(CCCS(=O)(=O)O)c3ccc4ccccc4c3C2(C)C)c2ccc(CN)cc2)C(C)(C)c2c1ccc1ccccc21. The van der Waals surface area contributed by atoms with Crippen LogP contribution < -0.4 is 10.6 Å². The number of fused-ring (bicyclic) bond motifs is 6. The molecule has 0 amide bonds. The van der Waals surface area contributed by atoms with E-state index in [0.29, 0.717) is 19.5 Å². The van der Waals surface area contributed by atoms with Crippen molar-refractivity contribution < 1.29 is 17.5 Å². The Hall–Kier alpha value is -4.82. The van der Waals surface area contributed by atoms with Crippen LogP contribution in [0.4, 0.5) is 11.4 Å². The molecule has 0 unspecified atom stereocenters. The summed E-state index contributed by atoms with van der Waals surface area (Å²) in [7, 11) is -4.09. The lowest BCUT2D eigenvalue weighted by Gasteiger charge is -2.27. The number of nitrogens with zero attached hydrogens (tertiary/aromatic N) is 2. The summed E-state index contributed by atoms with van der Waals surface area (Å²) in [5, 5.41) is 4.89. The summed E-state index contributed by atoms with van der Waals surface area (Å²) in [5.74, 6) is -0.294. The molecule has 0 aliphatic carbocycles. The molecule has 5 aromatic carbocycles. The van der Waals surface area contributed by atoms with Crippen LogP contribution >= 0.6 is 0 Å². The van der Waals surface area contributed by atoms with Crippen molar-refractivity contribution in [3.8, 4) is 0 Å². The van der Waals surface area contributed by atoms with Gasteiger partial charge >= 0.3 is 0 Å². The van der Waals surface area contributed by atoms with Crippen LogP contribution in [-0.4, -0.2) is 42.1 Å². The Kier molecular flexibility index (Phi) is 9.79. The number of nitrogens with two attached hydrogens (primary N) is 1. The lowest BCUT2D eigenvalue weighted by Crippen LogP contribution is -2.28. The average Bonchev–Trinajstić information content (AvgIpc) is 3.49. The lowest BCUT2D eigenvalue weighted by atomic mass is 9.79. The van der Waals surface area contributed by atoms with Gasteiger partial charge in [-0.25, -0.2) is 0 Å². The van der Waals surface area contributed by atoms with E-state index in [-0.39, 0.29) is 16.6 Å². The summed E-state index contributed by atoms with van der Waals surface area (Å²) in [5.41, 5.74) is 15.8. The molecule has 0 bridgehead atoms. The average molecular weight is 725 g/mol. The van der Waals surface area contributed by atoms with E-state index >= 15 is 0 Å². The Labute approximate surface area is 314 Å². The van der Waals surface area contributed by atoms with Crippen molar-refractivity contribution in [1.82, 2.24) is 0 Å². The summed E-state index contributed by atoms with van der Waals surface area (Å²) in [4.78, 5) is 2.24. The zero-order chi connectivity index (χ0) is 37.5. The van der Waals surface area contributed by atoms with Gasteiger partial charge in [-0.05, 0) is 88.4 Å². The Morgan fingerprint density at radius 2 is 1.47 bits per heavy atom. The van der Waals surface area contributed by atoms with Crippen molar-refractivity contribution in [3.05, 3.63) is 149 Å². The Bertz CT molecular complexity index is 2450. The molecule has 2 heterocycles. The van der Waals surface area contributed by atoms with E-state index in [1.807, 2.05) is 0 Å². The maximum atomic E-state index is 11.8. The third-order valence-corrected chi connectivity index (χ3v) is 11.9. The van der Waals surface area contributed by atoms with Crippen LogP contribution in [0.3, 0.4) is 0 Å². The van der Waals surface area contributed by atoms with Crippen LogP contribution in [0.5, 0.6) is 0 Å². The first-order valence-electron chi connectivity index (χ1n) is 18.7. The molecule has 0 atom stereocenters. The monoisotopic (exact) mass is 724 g/mol. The van der Waals surface area contributed by atoms with Crippen molar-refractivity contribution in [2.45, 2.75) is 64.8 Å². The third-order valence-electron chi connectivity index (χ3n) is 11.1. The van der Waals surface area contributed by atoms with Gasteiger partial charge in [0.2, 0.25) is 5.69 Å². The molecule has 0 radical (unpaired) electrons. The first-order valence-corrected chi connectivity index (χ1v) is 20.3. The maximum Gasteiger partial charge on any atom is 0.264 e. The van der Waals surface area contributed by atoms with E-state index in [9.17, 15) is 13.0 Å². The normalized spacial score (nSPS) is 17.5. The second kappa shape index (κ2) is 14.2. The molecule has 2 aliphatic rings. The van der Waals surface area contributed by atoms with Gasteiger partial charge in [0.05, 0.1) is 11.2 Å². The van der Waals surface area contributed by atoms with E-state index in [1.54, 1.807) is 0 Å². The predicted octanol–water partition coefficient (Wildman–Crippen LogP) is 9.84. The highest BCUT2D eigenvalue weighted by atomic mass is 32.2. The summed E-state index contributed by atoms with van der Waals surface area (Å²) in [6.45, 7) is 13.2. The van der Waals surface area contributed by atoms with Gasteiger partial charge in [-0.3, -0.25) is 4.55 Å². The molecule has 0 saturated heterocycles. The molecular weight excluding hydrogens is 675 g/mol. The smallest absolute Gasteiger partial charge is 0.264 e. The summed E-state index contributed by atoms with van der Waals surface area (Å²) < 4.78 is 35.6. The first-order chi connectivity index (χ1) is 25.3. The molecule has 0 fully saturated rings. The number of hydrogen-bond donors (Lipinski definition) is 2. The number of benzene rings is 5. The van der Waals surface area contributed by atoms with Crippen molar-refractivity contribution in [2.75, 3.05) is 23.7 Å². The number of rotatable bonds is 11. The quantitative estimate of drug-likeness (QED) is 0.0805. The molecule has 0 saturated carbocycles. The van der Waals surface area contributed by atoms with Gasteiger partial charge in [-0.2, -0.15) is 13.0 Å². The summed E-state index contributed by atoms with van der Waals surface area (Å²) in [6, 6.07) is 34.4. The highest BCUT2D eigenvalue weighted by Crippen LogP contribution is 2.51. The molecule has 2 aliphatic heterocycles. The van der Waals surface area contributed by atoms with Crippen LogP contribution in [0.15, 0.2) is 127 Å². The largest absolute Gasteiger partial charge is 0.344 e. The van der Waals surface area contributed by atoms with Crippen molar-refractivity contribution >= 4 is 54.3 Å². The van der Waals surface area contributed by atoms with Gasteiger partial charge in [0, 0.05) is 54.0 Å². The second-order valence-corrected chi connectivity index (χ2v) is 16.9. The van der Waals surface area contributed by atoms with Crippen molar-refractivity contribution in [1.29, 1.82) is 0 Å². The van der Waals surface area contributed by atoms with Crippen LogP contribution in [0.2, 0.25) is 0 Å². The Morgan fingerprint density at radius 1 is 0.830 bits per heavy atom. The van der Waals surface area contributed by atoms with Gasteiger partial charge < -0.3 is 10.6 Å². The molecule has 3 N–H and O–H groups in total. The number of hydrogen-bond acceptors (Lipinski definition) is 4. The lowest BCUT2D eigenvalue weighted by molar-refractivity contribution is -0.437. The van der Waals surface area contributed by atoms with Crippen molar-refractivity contribution in [3.63, 3.8) is 0 Å². The molecule has 6 nitrogen and oxygen atoms in total. The zero-order valence-electron chi connectivity index (χ0n) is 31.4. The number of allylic oxidation sites excluding steroid dienone is 6. The number of anilines is 1. The van der Waals surface area contributed by atoms with E-state index in [2.05, 4.69) is 165 Å². The fraction of sp³-hybridized carbons (Fsp3) is 0.283. The van der Waals surface area contributed by atoms with E-state index in [0.717, 1.165) is 41.1 Å². The molecule has 0 spiro atoms. The van der Waals surface area contributed by atoms with Crippen LogP contribution in [0.25, 0.3) is 27.1 Å². The van der Waals surface area contributed by atoms with Gasteiger partial charge in [0.25, 0.3) is 10.1 Å². The van der Waals surface area contributed by atoms with Gasteiger partial charge in [-0.1, -0.05) is 106 Å². The van der Waals surface area contributed by atoms with E-state index < -0.39 is 10.1 Å².